The molecule has 0 spiro atoms. The van der Waals surface area contributed by atoms with Crippen LogP contribution in [-0.2, 0) is 17.9 Å². The Morgan fingerprint density at radius 1 is 1.15 bits per heavy atom. The van der Waals surface area contributed by atoms with E-state index in [-0.39, 0.29) is 11.6 Å². The molecule has 0 saturated carbocycles. The third-order valence-corrected chi connectivity index (χ3v) is 4.92. The van der Waals surface area contributed by atoms with Crippen molar-refractivity contribution in [3.05, 3.63) is 57.4 Å². The van der Waals surface area contributed by atoms with Gasteiger partial charge in [-0.2, -0.15) is 5.10 Å². The second-order valence-corrected chi connectivity index (χ2v) is 7.01. The summed E-state index contributed by atoms with van der Waals surface area (Å²) in [5.74, 6) is 0.0702. The monoisotopic (exact) mass is 371 g/mol. The van der Waals surface area contributed by atoms with Crippen LogP contribution in [0.4, 0.5) is 5.69 Å². The van der Waals surface area contributed by atoms with Gasteiger partial charge in [-0.3, -0.25) is 24.5 Å². The molecule has 1 aromatic carbocycles. The highest BCUT2D eigenvalue weighted by Gasteiger charge is 2.22. The molecule has 1 saturated heterocycles. The van der Waals surface area contributed by atoms with Crippen molar-refractivity contribution in [2.75, 3.05) is 26.2 Å². The first-order valence-electron chi connectivity index (χ1n) is 9.16. The van der Waals surface area contributed by atoms with Crippen LogP contribution in [0.1, 0.15) is 23.2 Å². The lowest BCUT2D eigenvalue weighted by Crippen LogP contribution is -2.48. The van der Waals surface area contributed by atoms with Crippen LogP contribution in [-0.4, -0.2) is 56.6 Å². The van der Waals surface area contributed by atoms with Gasteiger partial charge in [0.1, 0.15) is 11.9 Å². The third-order valence-electron chi connectivity index (χ3n) is 4.92. The molecule has 27 heavy (non-hydrogen) atoms. The smallest absolute Gasteiger partial charge is 0.309 e. The maximum absolute atomic E-state index is 12.4. The van der Waals surface area contributed by atoms with E-state index in [1.807, 2.05) is 4.90 Å². The molecule has 0 unspecified atom stereocenters. The second kappa shape index (κ2) is 8.30. The summed E-state index contributed by atoms with van der Waals surface area (Å²) in [6, 6.07) is 8.54. The zero-order chi connectivity index (χ0) is 19.4. The van der Waals surface area contributed by atoms with Crippen LogP contribution in [0.5, 0.6) is 0 Å². The highest BCUT2D eigenvalue weighted by atomic mass is 16.6. The van der Waals surface area contributed by atoms with Gasteiger partial charge in [0.15, 0.2) is 0 Å². The van der Waals surface area contributed by atoms with Crippen LogP contribution in [0.3, 0.4) is 0 Å². The number of hydrogen-bond donors (Lipinski definition) is 0. The van der Waals surface area contributed by atoms with Crippen molar-refractivity contribution in [1.29, 1.82) is 0 Å². The minimum atomic E-state index is -0.450. The summed E-state index contributed by atoms with van der Waals surface area (Å²) in [6.07, 6.45) is 1.69. The minimum absolute atomic E-state index is 0.00725. The molecule has 0 aliphatic carbocycles. The quantitative estimate of drug-likeness (QED) is 0.574. The molecule has 1 aromatic heterocycles. The Balaban J connectivity index is 1.45. The SMILES string of the molecule is Cc1ccc(CN2CCN(C(=O)CCn3cc([N+](=O)[O-])c(C)n3)CC2)cc1. The van der Waals surface area contributed by atoms with Crippen molar-refractivity contribution >= 4 is 11.6 Å². The molecule has 1 aliphatic heterocycles. The van der Waals surface area contributed by atoms with Crippen LogP contribution >= 0.6 is 0 Å². The maximum atomic E-state index is 12.4. The molecule has 0 atom stereocenters. The molecule has 2 heterocycles. The first-order valence-corrected chi connectivity index (χ1v) is 9.16. The van der Waals surface area contributed by atoms with E-state index in [4.69, 9.17) is 0 Å². The van der Waals surface area contributed by atoms with E-state index in [2.05, 4.69) is 41.2 Å². The molecule has 2 aromatic rings. The van der Waals surface area contributed by atoms with Crippen molar-refractivity contribution in [3.8, 4) is 0 Å². The number of carbonyl (C=O) groups is 1. The molecular weight excluding hydrogens is 346 g/mol. The van der Waals surface area contributed by atoms with Crippen LogP contribution in [0, 0.1) is 24.0 Å². The lowest BCUT2D eigenvalue weighted by molar-refractivity contribution is -0.385. The number of nitro groups is 1. The fourth-order valence-electron chi connectivity index (χ4n) is 3.28. The van der Waals surface area contributed by atoms with E-state index in [0.717, 1.165) is 19.6 Å². The van der Waals surface area contributed by atoms with Crippen LogP contribution < -0.4 is 0 Å². The van der Waals surface area contributed by atoms with Gasteiger partial charge < -0.3 is 4.90 Å². The fourth-order valence-corrected chi connectivity index (χ4v) is 3.28. The zero-order valence-electron chi connectivity index (χ0n) is 15.8. The summed E-state index contributed by atoms with van der Waals surface area (Å²) in [7, 11) is 0. The maximum Gasteiger partial charge on any atom is 0.309 e. The summed E-state index contributed by atoms with van der Waals surface area (Å²) in [6.45, 7) is 8.07. The summed E-state index contributed by atoms with van der Waals surface area (Å²) in [5, 5.41) is 15.0. The lowest BCUT2D eigenvalue weighted by Gasteiger charge is -2.34. The molecule has 8 nitrogen and oxygen atoms in total. The van der Waals surface area contributed by atoms with Gasteiger partial charge in [-0.15, -0.1) is 0 Å². The van der Waals surface area contributed by atoms with Crippen LogP contribution in [0.15, 0.2) is 30.5 Å². The van der Waals surface area contributed by atoms with Gasteiger partial charge in [-0.25, -0.2) is 0 Å². The Bertz CT molecular complexity index is 807. The van der Waals surface area contributed by atoms with Crippen LogP contribution in [0.2, 0.25) is 0 Å². The minimum Gasteiger partial charge on any atom is -0.340 e. The van der Waals surface area contributed by atoms with Gasteiger partial charge in [0, 0.05) is 45.7 Å². The van der Waals surface area contributed by atoms with Crippen molar-refractivity contribution in [2.45, 2.75) is 33.4 Å². The van der Waals surface area contributed by atoms with E-state index in [1.165, 1.54) is 22.0 Å². The van der Waals surface area contributed by atoms with Gasteiger partial charge in [0.2, 0.25) is 5.91 Å². The normalized spacial score (nSPS) is 15.1. The average Bonchev–Trinajstić information content (AvgIpc) is 3.03. The lowest BCUT2D eigenvalue weighted by atomic mass is 10.1. The Morgan fingerprint density at radius 2 is 1.81 bits per heavy atom. The van der Waals surface area contributed by atoms with E-state index >= 15 is 0 Å². The van der Waals surface area contributed by atoms with Crippen molar-refractivity contribution < 1.29 is 9.72 Å². The number of aryl methyl sites for hydroxylation is 3. The van der Waals surface area contributed by atoms with Gasteiger partial charge >= 0.3 is 5.69 Å². The fraction of sp³-hybridized carbons (Fsp3) is 0.474. The number of nitrogens with zero attached hydrogens (tertiary/aromatic N) is 5. The van der Waals surface area contributed by atoms with E-state index < -0.39 is 4.92 Å². The highest BCUT2D eigenvalue weighted by molar-refractivity contribution is 5.76. The van der Waals surface area contributed by atoms with Gasteiger partial charge in [0.05, 0.1) is 4.92 Å². The molecule has 1 fully saturated rings. The first kappa shape index (κ1) is 19.0. The molecule has 0 radical (unpaired) electrons. The molecule has 1 aliphatic rings. The number of hydrogen-bond acceptors (Lipinski definition) is 5. The molecule has 0 N–H and O–H groups in total. The number of piperazine rings is 1. The Hall–Kier alpha value is -2.74. The van der Waals surface area contributed by atoms with Crippen molar-refractivity contribution in [3.63, 3.8) is 0 Å². The summed E-state index contributed by atoms with van der Waals surface area (Å²) < 4.78 is 1.49. The summed E-state index contributed by atoms with van der Waals surface area (Å²) >= 11 is 0. The molecule has 3 rings (SSSR count). The first-order chi connectivity index (χ1) is 12.9. The van der Waals surface area contributed by atoms with E-state index in [1.54, 1.807) is 6.92 Å². The largest absolute Gasteiger partial charge is 0.340 e. The Morgan fingerprint density at radius 3 is 2.41 bits per heavy atom. The standard InChI is InChI=1S/C19H25N5O3/c1-15-3-5-17(6-4-15)13-21-9-11-22(12-10-21)19(25)7-8-23-14-18(24(26)27)16(2)20-23/h3-6,14H,7-13H2,1-2H3. The van der Waals surface area contributed by atoms with Gasteiger partial charge in [-0.1, -0.05) is 29.8 Å². The number of carbonyl (C=O) groups excluding carboxylic acids is 1. The molecular formula is C19H25N5O3. The number of benzene rings is 1. The predicted octanol–water partition coefficient (Wildman–Crippen LogP) is 2.14. The van der Waals surface area contributed by atoms with Gasteiger partial charge in [0.25, 0.3) is 0 Å². The van der Waals surface area contributed by atoms with Crippen molar-refractivity contribution in [2.24, 2.45) is 0 Å². The molecule has 144 valence electrons. The Labute approximate surface area is 158 Å². The summed E-state index contributed by atoms with van der Waals surface area (Å²) in [5.41, 5.74) is 2.91. The Kier molecular flexibility index (Phi) is 5.85. The predicted molar refractivity (Wildman–Crippen MR) is 101 cm³/mol. The number of amides is 1. The zero-order valence-corrected chi connectivity index (χ0v) is 15.8. The highest BCUT2D eigenvalue weighted by Crippen LogP contribution is 2.16. The van der Waals surface area contributed by atoms with E-state index in [9.17, 15) is 14.9 Å². The van der Waals surface area contributed by atoms with Gasteiger partial charge in [-0.05, 0) is 19.4 Å². The molecule has 1 amide bonds. The summed E-state index contributed by atoms with van der Waals surface area (Å²) in [4.78, 5) is 27.1. The number of rotatable bonds is 6. The van der Waals surface area contributed by atoms with E-state index in [0.29, 0.717) is 31.7 Å². The molecule has 0 bridgehead atoms. The topological polar surface area (TPSA) is 84.5 Å². The number of aromatic nitrogens is 2. The molecule has 8 heteroatoms. The van der Waals surface area contributed by atoms with Crippen molar-refractivity contribution in [1.82, 2.24) is 19.6 Å². The second-order valence-electron chi connectivity index (χ2n) is 7.01. The average molecular weight is 371 g/mol. The van der Waals surface area contributed by atoms with Crippen LogP contribution in [0.25, 0.3) is 0 Å². The third kappa shape index (κ3) is 4.91.